The van der Waals surface area contributed by atoms with E-state index in [0.29, 0.717) is 23.7 Å². The van der Waals surface area contributed by atoms with Gasteiger partial charge in [-0.25, -0.2) is 0 Å². The van der Waals surface area contributed by atoms with Crippen molar-refractivity contribution in [1.29, 1.82) is 0 Å². The molecule has 0 radical (unpaired) electrons. The highest BCUT2D eigenvalue weighted by Crippen LogP contribution is 2.23. The summed E-state index contributed by atoms with van der Waals surface area (Å²) in [4.78, 5) is 27.2. The average Bonchev–Trinajstić information content (AvgIpc) is 2.73. The Labute approximate surface area is 175 Å². The van der Waals surface area contributed by atoms with Gasteiger partial charge in [-0.15, -0.1) is 11.8 Å². The molecule has 0 aliphatic heterocycles. The number of esters is 1. The summed E-state index contributed by atoms with van der Waals surface area (Å²) in [6, 6.07) is 13.0. The molecule has 0 spiro atoms. The van der Waals surface area contributed by atoms with Crippen LogP contribution in [0.3, 0.4) is 0 Å². The Morgan fingerprint density at radius 3 is 2.10 bits per heavy atom. The molecule has 0 aliphatic carbocycles. The number of methoxy groups -OCH3 is 3. The van der Waals surface area contributed by atoms with E-state index in [1.54, 1.807) is 36.9 Å². The van der Waals surface area contributed by atoms with Crippen molar-refractivity contribution in [2.24, 2.45) is 0 Å². The van der Waals surface area contributed by atoms with Crippen LogP contribution < -0.4 is 14.8 Å². The molecule has 1 amide bonds. The van der Waals surface area contributed by atoms with Crippen LogP contribution in [0.15, 0.2) is 47.4 Å². The first-order valence-corrected chi connectivity index (χ1v) is 10.1. The summed E-state index contributed by atoms with van der Waals surface area (Å²) >= 11 is 1.63. The minimum Gasteiger partial charge on any atom is -0.497 e. The Bertz CT molecular complexity index is 804. The van der Waals surface area contributed by atoms with Crippen molar-refractivity contribution in [3.8, 4) is 11.5 Å². The smallest absolute Gasteiger partial charge is 0.319 e. The second kappa shape index (κ2) is 11.3. The number of nitrogens with one attached hydrogen (secondary N) is 1. The van der Waals surface area contributed by atoms with Gasteiger partial charge in [-0.1, -0.05) is 0 Å². The number of amides is 1. The molecule has 7 nitrogen and oxygen atoms in total. The predicted octanol–water partition coefficient (Wildman–Crippen LogP) is 3.04. The average molecular weight is 419 g/mol. The Morgan fingerprint density at radius 2 is 1.59 bits per heavy atom. The topological polar surface area (TPSA) is 77.1 Å². The molecule has 0 fully saturated rings. The minimum absolute atomic E-state index is 0.0190. The SMILES string of the molecule is COC(=O)CN(CC(=O)Nc1ccc(SC)cc1)Cc1cc(OC)cc(OC)c1. The van der Waals surface area contributed by atoms with Crippen LogP contribution in [0.1, 0.15) is 5.56 Å². The van der Waals surface area contributed by atoms with Crippen molar-refractivity contribution in [3.05, 3.63) is 48.0 Å². The van der Waals surface area contributed by atoms with E-state index in [4.69, 9.17) is 14.2 Å². The number of benzene rings is 2. The van der Waals surface area contributed by atoms with Crippen LogP contribution in [-0.2, 0) is 20.9 Å². The summed E-state index contributed by atoms with van der Waals surface area (Å²) in [6.07, 6.45) is 1.99. The van der Waals surface area contributed by atoms with Gasteiger partial charge in [0.15, 0.2) is 0 Å². The van der Waals surface area contributed by atoms with Crippen molar-refractivity contribution >= 4 is 29.3 Å². The molecule has 2 rings (SSSR count). The lowest BCUT2D eigenvalue weighted by Crippen LogP contribution is -2.37. The summed E-state index contributed by atoms with van der Waals surface area (Å²) in [7, 11) is 4.46. The third-order valence-corrected chi connectivity index (χ3v) is 4.88. The van der Waals surface area contributed by atoms with Gasteiger partial charge in [-0.05, 0) is 48.2 Å². The van der Waals surface area contributed by atoms with E-state index in [0.717, 1.165) is 10.5 Å². The summed E-state index contributed by atoms with van der Waals surface area (Å²) in [6.45, 7) is 0.356. The fourth-order valence-corrected chi connectivity index (χ4v) is 3.12. The number of hydrogen-bond acceptors (Lipinski definition) is 7. The van der Waals surface area contributed by atoms with E-state index in [-0.39, 0.29) is 19.0 Å². The molecule has 0 aliphatic rings. The highest BCUT2D eigenvalue weighted by molar-refractivity contribution is 7.98. The van der Waals surface area contributed by atoms with Crippen LogP contribution in [0.25, 0.3) is 0 Å². The van der Waals surface area contributed by atoms with Crippen LogP contribution >= 0.6 is 11.8 Å². The molecule has 156 valence electrons. The lowest BCUT2D eigenvalue weighted by Gasteiger charge is -2.21. The quantitative estimate of drug-likeness (QED) is 0.469. The second-order valence-corrected chi connectivity index (χ2v) is 7.10. The van der Waals surface area contributed by atoms with Crippen molar-refractivity contribution in [3.63, 3.8) is 0 Å². The molecule has 2 aromatic rings. The molecule has 0 unspecified atom stereocenters. The molecule has 0 aromatic heterocycles. The largest absolute Gasteiger partial charge is 0.497 e. The molecule has 0 bridgehead atoms. The Hall–Kier alpha value is -2.71. The maximum Gasteiger partial charge on any atom is 0.319 e. The van der Waals surface area contributed by atoms with Crippen molar-refractivity contribution in [1.82, 2.24) is 4.90 Å². The van der Waals surface area contributed by atoms with Crippen LogP contribution in [0.5, 0.6) is 11.5 Å². The summed E-state index contributed by atoms with van der Waals surface area (Å²) in [5, 5.41) is 2.85. The normalized spacial score (nSPS) is 10.5. The molecule has 0 saturated heterocycles. The number of ether oxygens (including phenoxy) is 3. The molecule has 0 saturated carbocycles. The maximum absolute atomic E-state index is 12.5. The highest BCUT2D eigenvalue weighted by Gasteiger charge is 2.17. The Morgan fingerprint density at radius 1 is 0.966 bits per heavy atom. The van der Waals surface area contributed by atoms with Gasteiger partial charge in [-0.2, -0.15) is 0 Å². The summed E-state index contributed by atoms with van der Waals surface area (Å²) < 4.78 is 15.3. The third kappa shape index (κ3) is 7.32. The van der Waals surface area contributed by atoms with Crippen molar-refractivity contribution < 1.29 is 23.8 Å². The summed E-state index contributed by atoms with van der Waals surface area (Å²) in [5.74, 6) is 0.629. The minimum atomic E-state index is -0.419. The van der Waals surface area contributed by atoms with E-state index >= 15 is 0 Å². The van der Waals surface area contributed by atoms with Crippen molar-refractivity contribution in [2.75, 3.05) is 46.0 Å². The number of nitrogens with zero attached hydrogens (tertiary/aromatic N) is 1. The molecule has 0 atom stereocenters. The van der Waals surface area contributed by atoms with Gasteiger partial charge < -0.3 is 19.5 Å². The molecule has 2 aromatic carbocycles. The highest BCUT2D eigenvalue weighted by atomic mass is 32.2. The molecule has 0 heterocycles. The molecule has 29 heavy (non-hydrogen) atoms. The number of carbonyl (C=O) groups is 2. The number of rotatable bonds is 10. The number of thioether (sulfide) groups is 1. The lowest BCUT2D eigenvalue weighted by molar-refractivity contribution is -0.142. The van der Waals surface area contributed by atoms with Gasteiger partial charge in [0.2, 0.25) is 5.91 Å². The first kappa shape index (κ1) is 22.6. The number of hydrogen-bond donors (Lipinski definition) is 1. The van der Waals surface area contributed by atoms with Crippen LogP contribution in [0, 0.1) is 0 Å². The van der Waals surface area contributed by atoms with Crippen LogP contribution in [-0.4, -0.2) is 57.5 Å². The maximum atomic E-state index is 12.5. The zero-order chi connectivity index (χ0) is 21.2. The molecule has 1 N–H and O–H groups in total. The van der Waals surface area contributed by atoms with Crippen LogP contribution in [0.2, 0.25) is 0 Å². The zero-order valence-electron chi connectivity index (χ0n) is 17.1. The Kier molecular flexibility index (Phi) is 8.82. The van der Waals surface area contributed by atoms with Crippen molar-refractivity contribution in [2.45, 2.75) is 11.4 Å². The Balaban J connectivity index is 2.10. The fraction of sp³-hybridized carbons (Fsp3) is 0.333. The predicted molar refractivity (Wildman–Crippen MR) is 114 cm³/mol. The van der Waals surface area contributed by atoms with Gasteiger partial charge in [-0.3, -0.25) is 14.5 Å². The monoisotopic (exact) mass is 418 g/mol. The first-order valence-electron chi connectivity index (χ1n) is 8.92. The molecule has 8 heteroatoms. The van der Waals surface area contributed by atoms with E-state index in [2.05, 4.69) is 5.32 Å². The fourth-order valence-electron chi connectivity index (χ4n) is 2.71. The van der Waals surface area contributed by atoms with Crippen LogP contribution in [0.4, 0.5) is 5.69 Å². The van der Waals surface area contributed by atoms with E-state index in [1.807, 2.05) is 42.7 Å². The van der Waals surface area contributed by atoms with E-state index in [1.165, 1.54) is 7.11 Å². The van der Waals surface area contributed by atoms with Gasteiger partial charge in [0, 0.05) is 23.2 Å². The first-order chi connectivity index (χ1) is 14.0. The standard InChI is InChI=1S/C21H26N2O5S/c1-26-17-9-15(10-18(11-17)27-2)12-23(14-21(25)28-3)13-20(24)22-16-5-7-19(29-4)8-6-16/h5-11H,12-14H2,1-4H3,(H,22,24). The van der Waals surface area contributed by atoms with Gasteiger partial charge in [0.1, 0.15) is 11.5 Å². The summed E-state index contributed by atoms with van der Waals surface area (Å²) in [5.41, 5.74) is 1.55. The number of anilines is 1. The van der Waals surface area contributed by atoms with Gasteiger partial charge in [0.05, 0.1) is 34.4 Å². The van der Waals surface area contributed by atoms with Gasteiger partial charge in [0.25, 0.3) is 0 Å². The third-order valence-electron chi connectivity index (χ3n) is 4.14. The zero-order valence-corrected chi connectivity index (χ0v) is 17.9. The van der Waals surface area contributed by atoms with E-state index in [9.17, 15) is 9.59 Å². The number of carbonyl (C=O) groups excluding carboxylic acids is 2. The molecular formula is C21H26N2O5S. The van der Waals surface area contributed by atoms with Gasteiger partial charge >= 0.3 is 5.97 Å². The molecular weight excluding hydrogens is 392 g/mol. The van der Waals surface area contributed by atoms with E-state index < -0.39 is 5.97 Å². The second-order valence-electron chi connectivity index (χ2n) is 6.22. The lowest BCUT2D eigenvalue weighted by atomic mass is 10.2.